The number of piperazine rings is 1. The van der Waals surface area contributed by atoms with Crippen molar-refractivity contribution in [3.05, 3.63) is 66.1 Å². The highest BCUT2D eigenvalue weighted by Crippen LogP contribution is 2.22. The first-order valence-corrected chi connectivity index (χ1v) is 13.7. The molecule has 6 aliphatic rings. The van der Waals surface area contributed by atoms with Crippen LogP contribution in [0.3, 0.4) is 0 Å². The van der Waals surface area contributed by atoms with Gasteiger partial charge in [-0.3, -0.25) is 19.6 Å². The molecule has 1 aromatic carbocycles. The molecule has 2 saturated heterocycles. The van der Waals surface area contributed by atoms with Crippen molar-refractivity contribution in [3.63, 3.8) is 0 Å². The van der Waals surface area contributed by atoms with Crippen LogP contribution in [-0.2, 0) is 22.5 Å². The highest BCUT2D eigenvalue weighted by Gasteiger charge is 2.25. The maximum absolute atomic E-state index is 13.1. The molecular formula is C29H35N7O2. The maximum Gasteiger partial charge on any atom is 0.234 e. The number of amides is 1. The summed E-state index contributed by atoms with van der Waals surface area (Å²) in [7, 11) is 0. The second-order valence-corrected chi connectivity index (χ2v) is 10.5. The van der Waals surface area contributed by atoms with Crippen molar-refractivity contribution in [3.8, 4) is 11.3 Å². The number of aromatic nitrogens is 3. The maximum atomic E-state index is 13.1. The monoisotopic (exact) mass is 513 g/mol. The number of carbonyl (C=O) groups excluding carboxylic acids is 1. The van der Waals surface area contributed by atoms with Gasteiger partial charge in [-0.2, -0.15) is 0 Å². The van der Waals surface area contributed by atoms with Gasteiger partial charge in [-0.25, -0.2) is 9.97 Å². The zero-order valence-electron chi connectivity index (χ0n) is 21.7. The lowest BCUT2D eigenvalue weighted by atomic mass is 10.0. The lowest BCUT2D eigenvalue weighted by Crippen LogP contribution is -2.50. The number of rotatable bonds is 2. The third kappa shape index (κ3) is 6.35. The van der Waals surface area contributed by atoms with E-state index in [1.807, 2.05) is 30.5 Å². The Labute approximate surface area is 223 Å². The fraction of sp³-hybridized carbons (Fsp3) is 0.448. The molecule has 38 heavy (non-hydrogen) atoms. The van der Waals surface area contributed by atoms with Crippen LogP contribution in [0.1, 0.15) is 30.5 Å². The number of anilines is 2. The molecule has 1 amide bonds. The largest absolute Gasteiger partial charge is 0.378 e. The summed E-state index contributed by atoms with van der Waals surface area (Å²) in [5, 5.41) is 6.67. The van der Waals surface area contributed by atoms with Crippen LogP contribution < -0.4 is 10.6 Å². The Hall–Kier alpha value is -3.40. The molecule has 0 spiro atoms. The molecule has 9 nitrogen and oxygen atoms in total. The fourth-order valence-electron chi connectivity index (χ4n) is 5.59. The van der Waals surface area contributed by atoms with Gasteiger partial charge in [0.1, 0.15) is 0 Å². The number of nitrogens with zero attached hydrogens (tertiary/aromatic N) is 5. The summed E-state index contributed by atoms with van der Waals surface area (Å²) in [4.78, 5) is 31.7. The predicted molar refractivity (Wildman–Crippen MR) is 146 cm³/mol. The first-order valence-electron chi connectivity index (χ1n) is 13.7. The summed E-state index contributed by atoms with van der Waals surface area (Å²) >= 11 is 0. The van der Waals surface area contributed by atoms with Crippen molar-refractivity contribution >= 4 is 17.5 Å². The molecule has 2 atom stereocenters. The van der Waals surface area contributed by atoms with Crippen LogP contribution in [0.25, 0.3) is 11.3 Å². The van der Waals surface area contributed by atoms with Gasteiger partial charge in [0.15, 0.2) is 0 Å². The Kier molecular flexibility index (Phi) is 7.57. The van der Waals surface area contributed by atoms with Gasteiger partial charge in [0.2, 0.25) is 11.9 Å². The van der Waals surface area contributed by atoms with E-state index in [0.29, 0.717) is 18.9 Å². The van der Waals surface area contributed by atoms with Crippen LogP contribution in [-0.4, -0.2) is 82.1 Å². The summed E-state index contributed by atoms with van der Waals surface area (Å²) in [5.74, 6) is 0.638. The van der Waals surface area contributed by atoms with E-state index in [2.05, 4.69) is 43.6 Å². The zero-order chi connectivity index (χ0) is 25.7. The van der Waals surface area contributed by atoms with Gasteiger partial charge >= 0.3 is 0 Å². The van der Waals surface area contributed by atoms with Crippen LogP contribution in [0.2, 0.25) is 0 Å². The molecule has 198 valence electrons. The molecule has 9 rings (SSSR count). The number of carbonyl (C=O) groups is 1. The van der Waals surface area contributed by atoms with Crippen LogP contribution in [0, 0.1) is 0 Å². The Balaban J connectivity index is 1.27. The lowest BCUT2D eigenvalue weighted by molar-refractivity contribution is -0.123. The van der Waals surface area contributed by atoms with Gasteiger partial charge in [0.05, 0.1) is 18.3 Å². The van der Waals surface area contributed by atoms with E-state index in [9.17, 15) is 4.79 Å². The van der Waals surface area contributed by atoms with Crippen molar-refractivity contribution < 1.29 is 9.53 Å². The van der Waals surface area contributed by atoms with Gasteiger partial charge in [-0.1, -0.05) is 12.1 Å². The summed E-state index contributed by atoms with van der Waals surface area (Å²) < 4.78 is 5.90. The van der Waals surface area contributed by atoms with Gasteiger partial charge < -0.3 is 15.4 Å². The molecule has 2 unspecified atom stereocenters. The first-order chi connectivity index (χ1) is 18.7. The van der Waals surface area contributed by atoms with E-state index in [4.69, 9.17) is 14.7 Å². The van der Waals surface area contributed by atoms with Crippen molar-refractivity contribution in [1.29, 1.82) is 0 Å². The molecular weight excluding hydrogens is 478 g/mol. The van der Waals surface area contributed by atoms with Gasteiger partial charge in [0, 0.05) is 81.1 Å². The first kappa shape index (κ1) is 24.9. The molecule has 6 aliphatic heterocycles. The highest BCUT2D eigenvalue weighted by molar-refractivity contribution is 5.78. The Morgan fingerprint density at radius 1 is 1.00 bits per heavy atom. The quantitative estimate of drug-likeness (QED) is 0.540. The number of ether oxygens (including phenoxy) is 1. The fourth-order valence-corrected chi connectivity index (χ4v) is 5.59. The van der Waals surface area contributed by atoms with Gasteiger partial charge in [-0.05, 0) is 55.2 Å². The normalized spacial score (nSPS) is 25.8. The van der Waals surface area contributed by atoms with Crippen molar-refractivity contribution in [1.82, 2.24) is 30.1 Å². The topological polar surface area (TPSA) is 95.5 Å². The van der Waals surface area contributed by atoms with Crippen molar-refractivity contribution in [2.75, 3.05) is 44.6 Å². The summed E-state index contributed by atoms with van der Waals surface area (Å²) in [6.07, 6.45) is 7.44. The summed E-state index contributed by atoms with van der Waals surface area (Å²) in [6.45, 7) is 5.74. The predicted octanol–water partition coefficient (Wildman–Crippen LogP) is 3.01. The second kappa shape index (κ2) is 11.6. The minimum atomic E-state index is -0.0134. The molecule has 2 aromatic heterocycles. The molecule has 8 bridgehead atoms. The number of pyridine rings is 1. The summed E-state index contributed by atoms with van der Waals surface area (Å²) in [6, 6.07) is 14.4. The number of hydrogen-bond donors (Lipinski definition) is 2. The molecule has 2 N–H and O–H groups in total. The SMILES string of the molecule is O=C1CN2CCN(CC2)Cc2cccc(c2)Nc2nccc(n2)-c2ccc(nc2)CC(CC2CCCO2)N1. The molecule has 3 aromatic rings. The van der Waals surface area contributed by atoms with Crippen LogP contribution in [0.5, 0.6) is 0 Å². The molecule has 9 heteroatoms. The molecule has 8 heterocycles. The Morgan fingerprint density at radius 2 is 1.87 bits per heavy atom. The third-order valence-corrected chi connectivity index (χ3v) is 7.59. The van der Waals surface area contributed by atoms with Crippen LogP contribution in [0.4, 0.5) is 11.6 Å². The van der Waals surface area contributed by atoms with Crippen LogP contribution in [0.15, 0.2) is 54.9 Å². The standard InChI is InChI=1S/C29H35N7O2/c37-28-20-36-12-10-35(11-13-36)19-21-3-1-4-24(15-21)33-29-30-9-8-27(34-29)22-6-7-23(31-18-22)16-25(32-28)17-26-5-2-14-38-26/h1,3-4,6-9,15,18,25-26H,2,5,10-14,16-17,19-20H2,(H,32,37)(H,30,33,34). The molecule has 0 saturated carbocycles. The van der Waals surface area contributed by atoms with Gasteiger partial charge in [0.25, 0.3) is 0 Å². The minimum Gasteiger partial charge on any atom is -0.378 e. The smallest absolute Gasteiger partial charge is 0.234 e. The average molecular weight is 514 g/mol. The second-order valence-electron chi connectivity index (χ2n) is 10.5. The lowest BCUT2D eigenvalue weighted by Gasteiger charge is -2.34. The van der Waals surface area contributed by atoms with E-state index < -0.39 is 0 Å². The molecule has 0 radical (unpaired) electrons. The van der Waals surface area contributed by atoms with E-state index in [-0.39, 0.29) is 18.1 Å². The molecule has 0 aliphatic carbocycles. The van der Waals surface area contributed by atoms with Crippen molar-refractivity contribution in [2.24, 2.45) is 0 Å². The highest BCUT2D eigenvalue weighted by atomic mass is 16.5. The van der Waals surface area contributed by atoms with Crippen molar-refractivity contribution in [2.45, 2.75) is 44.4 Å². The average Bonchev–Trinajstić information content (AvgIpc) is 3.43. The zero-order valence-corrected chi connectivity index (χ0v) is 21.7. The van der Waals surface area contributed by atoms with E-state index in [0.717, 1.165) is 81.2 Å². The number of hydrogen-bond acceptors (Lipinski definition) is 8. The number of benzene rings is 1. The van der Waals surface area contributed by atoms with Crippen LogP contribution >= 0.6 is 0 Å². The Morgan fingerprint density at radius 3 is 2.66 bits per heavy atom. The summed E-state index contributed by atoms with van der Waals surface area (Å²) in [5.41, 5.74) is 4.88. The third-order valence-electron chi connectivity index (χ3n) is 7.59. The van der Waals surface area contributed by atoms with E-state index in [1.54, 1.807) is 6.20 Å². The van der Waals surface area contributed by atoms with E-state index in [1.165, 1.54) is 5.56 Å². The van der Waals surface area contributed by atoms with Gasteiger partial charge in [-0.15, -0.1) is 0 Å². The van der Waals surface area contributed by atoms with E-state index >= 15 is 0 Å². The number of nitrogens with one attached hydrogen (secondary N) is 2. The Bertz CT molecular complexity index is 1240. The molecule has 2 fully saturated rings. The minimum absolute atomic E-state index is 0.0134.